The van der Waals surface area contributed by atoms with Crippen molar-refractivity contribution in [2.45, 2.75) is 17.5 Å². The Morgan fingerprint density at radius 3 is 2.50 bits per heavy atom. The molecular formula is C19H16ClFN2O2S. The summed E-state index contributed by atoms with van der Waals surface area (Å²) in [5.41, 5.74) is 1.78. The van der Waals surface area contributed by atoms with Gasteiger partial charge >= 0.3 is 0 Å². The monoisotopic (exact) mass is 390 g/mol. The van der Waals surface area contributed by atoms with E-state index in [0.29, 0.717) is 13.1 Å². The molecule has 7 heteroatoms. The molecule has 134 valence electrons. The lowest BCUT2D eigenvalue weighted by atomic mass is 10.0. The number of aromatic nitrogens is 1. The largest absolute Gasteiger partial charge is 0.348 e. The maximum absolute atomic E-state index is 13.5. The number of sulfonamides is 1. The molecular weight excluding hydrogens is 375 g/mol. The van der Waals surface area contributed by atoms with Crippen molar-refractivity contribution in [2.24, 2.45) is 0 Å². The molecule has 1 aliphatic rings. The van der Waals surface area contributed by atoms with Gasteiger partial charge in [-0.3, -0.25) is 0 Å². The fourth-order valence-electron chi connectivity index (χ4n) is 3.37. The van der Waals surface area contributed by atoms with Crippen LogP contribution in [0, 0.1) is 5.82 Å². The van der Waals surface area contributed by atoms with Crippen molar-refractivity contribution >= 4 is 21.6 Å². The number of halogens is 2. The fraction of sp³-hybridized carbons (Fsp3) is 0.158. The zero-order valence-electron chi connectivity index (χ0n) is 13.7. The molecule has 2 aromatic carbocycles. The van der Waals surface area contributed by atoms with Crippen LogP contribution in [0.25, 0.3) is 0 Å². The summed E-state index contributed by atoms with van der Waals surface area (Å²) in [5, 5.41) is -0.206. The highest BCUT2D eigenvalue weighted by molar-refractivity contribution is 7.89. The van der Waals surface area contributed by atoms with E-state index in [1.807, 2.05) is 48.7 Å². The first-order chi connectivity index (χ1) is 12.5. The number of hydrogen-bond acceptors (Lipinski definition) is 2. The molecule has 3 aromatic rings. The van der Waals surface area contributed by atoms with Crippen LogP contribution in [0.4, 0.5) is 4.39 Å². The first kappa shape index (κ1) is 17.3. The molecule has 2 heterocycles. The van der Waals surface area contributed by atoms with E-state index in [0.717, 1.165) is 17.3 Å². The molecule has 26 heavy (non-hydrogen) atoms. The summed E-state index contributed by atoms with van der Waals surface area (Å²) < 4.78 is 43.6. The molecule has 0 amide bonds. The van der Waals surface area contributed by atoms with Crippen molar-refractivity contribution in [1.82, 2.24) is 8.87 Å². The Balaban J connectivity index is 1.85. The first-order valence-corrected chi connectivity index (χ1v) is 9.97. The smallest absolute Gasteiger partial charge is 0.244 e. The van der Waals surface area contributed by atoms with E-state index in [1.165, 1.54) is 16.4 Å². The summed E-state index contributed by atoms with van der Waals surface area (Å²) in [6, 6.07) is 16.4. The third-order valence-electron chi connectivity index (χ3n) is 4.61. The Morgan fingerprint density at radius 2 is 1.77 bits per heavy atom. The molecule has 0 N–H and O–H groups in total. The van der Waals surface area contributed by atoms with Gasteiger partial charge < -0.3 is 4.57 Å². The van der Waals surface area contributed by atoms with E-state index in [1.54, 1.807) is 0 Å². The van der Waals surface area contributed by atoms with Crippen molar-refractivity contribution in [1.29, 1.82) is 0 Å². The fourth-order valence-corrected chi connectivity index (χ4v) is 5.22. The summed E-state index contributed by atoms with van der Waals surface area (Å²) in [6.45, 7) is 0.873. The number of benzene rings is 2. The van der Waals surface area contributed by atoms with Gasteiger partial charge in [-0.15, -0.1) is 0 Å². The molecule has 0 saturated heterocycles. The van der Waals surface area contributed by atoms with Crippen molar-refractivity contribution in [2.75, 3.05) is 6.54 Å². The van der Waals surface area contributed by atoms with Gasteiger partial charge in [0.05, 0.1) is 16.0 Å². The van der Waals surface area contributed by atoms with Gasteiger partial charge in [-0.05, 0) is 35.9 Å². The molecule has 0 radical (unpaired) electrons. The molecule has 4 rings (SSSR count). The van der Waals surface area contributed by atoms with Crippen LogP contribution in [0.15, 0.2) is 71.8 Å². The second kappa shape index (κ2) is 6.54. The first-order valence-electron chi connectivity index (χ1n) is 8.15. The molecule has 1 aliphatic heterocycles. The third-order valence-corrected chi connectivity index (χ3v) is 6.76. The average Bonchev–Trinajstić information content (AvgIpc) is 3.12. The minimum absolute atomic E-state index is 0.00941. The van der Waals surface area contributed by atoms with Gasteiger partial charge in [0.25, 0.3) is 0 Å². The molecule has 1 aromatic heterocycles. The molecule has 4 nitrogen and oxygen atoms in total. The van der Waals surface area contributed by atoms with E-state index in [9.17, 15) is 12.8 Å². The van der Waals surface area contributed by atoms with E-state index in [4.69, 9.17) is 11.6 Å². The molecule has 1 atom stereocenters. The minimum atomic E-state index is -3.85. The molecule has 0 spiro atoms. The summed E-state index contributed by atoms with van der Waals surface area (Å²) in [5.74, 6) is -0.641. The lowest BCUT2D eigenvalue weighted by Gasteiger charge is -2.36. The van der Waals surface area contributed by atoms with E-state index in [2.05, 4.69) is 4.57 Å². The third kappa shape index (κ3) is 2.84. The SMILES string of the molecule is O=S(=O)(c1ccc(F)c(Cl)c1)N1CCn2cccc2[C@H]1c1ccccc1. The summed E-state index contributed by atoms with van der Waals surface area (Å²) >= 11 is 5.81. The molecule has 0 unspecified atom stereocenters. The highest BCUT2D eigenvalue weighted by atomic mass is 35.5. The van der Waals surface area contributed by atoms with Crippen LogP contribution in [0.2, 0.25) is 5.02 Å². The highest BCUT2D eigenvalue weighted by Gasteiger charge is 2.37. The second-order valence-electron chi connectivity index (χ2n) is 6.13. The van der Waals surface area contributed by atoms with Gasteiger partial charge in [-0.2, -0.15) is 4.31 Å². The number of hydrogen-bond donors (Lipinski definition) is 0. The average molecular weight is 391 g/mol. The topological polar surface area (TPSA) is 42.3 Å². The Labute approximate surface area is 156 Å². The molecule has 0 aliphatic carbocycles. The number of rotatable bonds is 3. The van der Waals surface area contributed by atoms with Gasteiger partial charge in [-0.25, -0.2) is 12.8 Å². The van der Waals surface area contributed by atoms with Crippen LogP contribution in [0.3, 0.4) is 0 Å². The Hall–Kier alpha value is -2.15. The van der Waals surface area contributed by atoms with Crippen LogP contribution < -0.4 is 0 Å². The van der Waals surface area contributed by atoms with Crippen LogP contribution >= 0.6 is 11.6 Å². The van der Waals surface area contributed by atoms with Gasteiger partial charge in [0, 0.05) is 25.0 Å². The standard InChI is InChI=1S/C19H16ClFN2O2S/c20-16-13-15(8-9-17(16)21)26(24,25)23-12-11-22-10-4-7-18(22)19(23)14-5-2-1-3-6-14/h1-10,13,19H,11-12H2/t19-/m1/s1. The van der Waals surface area contributed by atoms with Gasteiger partial charge in [-0.1, -0.05) is 41.9 Å². The lowest BCUT2D eigenvalue weighted by Crippen LogP contribution is -2.42. The molecule has 0 bridgehead atoms. The number of fused-ring (bicyclic) bond motifs is 1. The lowest BCUT2D eigenvalue weighted by molar-refractivity contribution is 0.298. The highest BCUT2D eigenvalue weighted by Crippen LogP contribution is 2.36. The van der Waals surface area contributed by atoms with Gasteiger partial charge in [0.15, 0.2) is 0 Å². The van der Waals surface area contributed by atoms with Crippen LogP contribution in [0.5, 0.6) is 0 Å². The van der Waals surface area contributed by atoms with Crippen molar-refractivity contribution in [3.05, 3.63) is 89.0 Å². The Morgan fingerprint density at radius 1 is 1.00 bits per heavy atom. The van der Waals surface area contributed by atoms with Crippen LogP contribution in [-0.4, -0.2) is 23.8 Å². The Bertz CT molecular complexity index is 1050. The zero-order chi connectivity index (χ0) is 18.3. The maximum Gasteiger partial charge on any atom is 0.244 e. The summed E-state index contributed by atoms with van der Waals surface area (Å²) in [7, 11) is -3.85. The predicted octanol–water partition coefficient (Wildman–Crippen LogP) is 4.07. The van der Waals surface area contributed by atoms with Gasteiger partial charge in [0.2, 0.25) is 10.0 Å². The van der Waals surface area contributed by atoms with Crippen molar-refractivity contribution < 1.29 is 12.8 Å². The van der Waals surface area contributed by atoms with E-state index in [-0.39, 0.29) is 9.92 Å². The quantitative estimate of drug-likeness (QED) is 0.676. The zero-order valence-corrected chi connectivity index (χ0v) is 15.3. The summed E-state index contributed by atoms with van der Waals surface area (Å²) in [4.78, 5) is -0.00941. The van der Waals surface area contributed by atoms with Crippen LogP contribution in [-0.2, 0) is 16.6 Å². The molecule has 0 saturated carbocycles. The Kier molecular flexibility index (Phi) is 4.34. The maximum atomic E-state index is 13.5. The molecule has 0 fully saturated rings. The van der Waals surface area contributed by atoms with E-state index < -0.39 is 21.9 Å². The van der Waals surface area contributed by atoms with Crippen molar-refractivity contribution in [3.8, 4) is 0 Å². The normalized spacial score (nSPS) is 17.8. The number of nitrogens with zero attached hydrogens (tertiary/aromatic N) is 2. The predicted molar refractivity (Wildman–Crippen MR) is 98.0 cm³/mol. The van der Waals surface area contributed by atoms with E-state index >= 15 is 0 Å². The van der Waals surface area contributed by atoms with Crippen molar-refractivity contribution in [3.63, 3.8) is 0 Å². The minimum Gasteiger partial charge on any atom is -0.348 e. The second-order valence-corrected chi connectivity index (χ2v) is 8.43. The van der Waals surface area contributed by atoms with Gasteiger partial charge in [0.1, 0.15) is 5.82 Å². The van der Waals surface area contributed by atoms with Crippen LogP contribution in [0.1, 0.15) is 17.3 Å². The summed E-state index contributed by atoms with van der Waals surface area (Å²) in [6.07, 6.45) is 1.95.